The average Bonchev–Trinajstić information content (AvgIpc) is 3.19. The van der Waals surface area contributed by atoms with Gasteiger partial charge >= 0.3 is 0 Å². The van der Waals surface area contributed by atoms with Crippen LogP contribution in [0.15, 0.2) is 29.3 Å². The Labute approximate surface area is 155 Å². The molecule has 1 aromatic heterocycles. The predicted octanol–water partition coefficient (Wildman–Crippen LogP) is 4.06. The SMILES string of the molecule is CCCCC(O)c1cc2ccc(C(CCO)C3=NC(C)(C)CO3)cc2[nH]1. The Bertz CT molecular complexity index is 779. The van der Waals surface area contributed by atoms with Gasteiger partial charge in [-0.05, 0) is 49.8 Å². The third-order valence-electron chi connectivity index (χ3n) is 4.96. The number of fused-ring (bicyclic) bond motifs is 1. The molecule has 0 radical (unpaired) electrons. The second kappa shape index (κ2) is 7.80. The molecule has 142 valence electrons. The number of aliphatic hydroxyl groups excluding tert-OH is 2. The summed E-state index contributed by atoms with van der Waals surface area (Å²) in [5.41, 5.74) is 2.71. The lowest BCUT2D eigenvalue weighted by atomic mass is 9.95. The molecule has 0 saturated heterocycles. The van der Waals surface area contributed by atoms with Crippen LogP contribution in [0.1, 0.15) is 69.7 Å². The highest BCUT2D eigenvalue weighted by Gasteiger charge is 2.31. The van der Waals surface area contributed by atoms with Crippen LogP contribution < -0.4 is 0 Å². The topological polar surface area (TPSA) is 77.8 Å². The van der Waals surface area contributed by atoms with Gasteiger partial charge in [-0.1, -0.05) is 31.9 Å². The van der Waals surface area contributed by atoms with E-state index in [9.17, 15) is 10.2 Å². The zero-order valence-corrected chi connectivity index (χ0v) is 16.0. The number of nitrogens with zero attached hydrogens (tertiary/aromatic N) is 1. The van der Waals surface area contributed by atoms with Gasteiger partial charge < -0.3 is 19.9 Å². The first-order valence-corrected chi connectivity index (χ1v) is 9.57. The zero-order valence-electron chi connectivity index (χ0n) is 16.0. The van der Waals surface area contributed by atoms with Gasteiger partial charge in [0.25, 0.3) is 0 Å². The van der Waals surface area contributed by atoms with Crippen molar-refractivity contribution in [3.8, 4) is 0 Å². The number of H-pyrrole nitrogens is 1. The second-order valence-corrected chi connectivity index (χ2v) is 7.85. The monoisotopic (exact) mass is 358 g/mol. The first-order chi connectivity index (χ1) is 12.4. The number of aromatic amines is 1. The Morgan fingerprint density at radius 2 is 2.08 bits per heavy atom. The minimum absolute atomic E-state index is 0.0528. The second-order valence-electron chi connectivity index (χ2n) is 7.85. The molecule has 0 bridgehead atoms. The molecule has 0 aliphatic carbocycles. The molecule has 0 amide bonds. The van der Waals surface area contributed by atoms with Gasteiger partial charge in [-0.15, -0.1) is 0 Å². The molecule has 2 aromatic rings. The fraction of sp³-hybridized carbons (Fsp3) is 0.571. The molecule has 1 aliphatic rings. The maximum atomic E-state index is 10.3. The van der Waals surface area contributed by atoms with Crippen molar-refractivity contribution in [1.29, 1.82) is 0 Å². The van der Waals surface area contributed by atoms with E-state index in [1.165, 1.54) is 0 Å². The molecule has 26 heavy (non-hydrogen) atoms. The lowest BCUT2D eigenvalue weighted by molar-refractivity contribution is 0.160. The Morgan fingerprint density at radius 3 is 2.73 bits per heavy atom. The summed E-state index contributed by atoms with van der Waals surface area (Å²) in [6.07, 6.45) is 2.97. The van der Waals surface area contributed by atoms with Crippen molar-refractivity contribution < 1.29 is 14.9 Å². The maximum Gasteiger partial charge on any atom is 0.191 e. The van der Waals surface area contributed by atoms with Crippen molar-refractivity contribution in [1.82, 2.24) is 4.98 Å². The van der Waals surface area contributed by atoms with Gasteiger partial charge in [-0.25, -0.2) is 4.99 Å². The van der Waals surface area contributed by atoms with E-state index in [1.807, 2.05) is 19.9 Å². The molecule has 3 rings (SSSR count). The predicted molar refractivity (Wildman–Crippen MR) is 105 cm³/mol. The van der Waals surface area contributed by atoms with Gasteiger partial charge in [0.2, 0.25) is 0 Å². The van der Waals surface area contributed by atoms with E-state index in [0.29, 0.717) is 18.9 Å². The number of ether oxygens (including phenoxy) is 1. The number of aliphatic imine (C=N–C) groups is 1. The summed E-state index contributed by atoms with van der Waals surface area (Å²) >= 11 is 0. The fourth-order valence-electron chi connectivity index (χ4n) is 3.47. The van der Waals surface area contributed by atoms with Crippen LogP contribution in [-0.4, -0.2) is 39.8 Å². The Kier molecular flexibility index (Phi) is 5.68. The largest absolute Gasteiger partial charge is 0.478 e. The van der Waals surface area contributed by atoms with Crippen molar-refractivity contribution in [2.45, 2.75) is 64.0 Å². The van der Waals surface area contributed by atoms with Crippen LogP contribution in [0.4, 0.5) is 0 Å². The number of rotatable bonds is 8. The van der Waals surface area contributed by atoms with Crippen molar-refractivity contribution in [3.05, 3.63) is 35.5 Å². The number of aliphatic hydroxyl groups is 2. The van der Waals surface area contributed by atoms with Crippen LogP contribution in [0, 0.1) is 0 Å². The Balaban J connectivity index is 1.89. The van der Waals surface area contributed by atoms with Crippen molar-refractivity contribution in [2.75, 3.05) is 13.2 Å². The highest BCUT2D eigenvalue weighted by atomic mass is 16.5. The van der Waals surface area contributed by atoms with Crippen molar-refractivity contribution in [3.63, 3.8) is 0 Å². The van der Waals surface area contributed by atoms with Crippen LogP contribution in [0.5, 0.6) is 0 Å². The van der Waals surface area contributed by atoms with E-state index in [2.05, 4.69) is 30.1 Å². The summed E-state index contributed by atoms with van der Waals surface area (Å²) in [7, 11) is 0. The van der Waals surface area contributed by atoms with Gasteiger partial charge in [-0.3, -0.25) is 0 Å². The van der Waals surface area contributed by atoms with Crippen LogP contribution in [-0.2, 0) is 4.74 Å². The molecule has 5 nitrogen and oxygen atoms in total. The number of unbranched alkanes of at least 4 members (excludes halogenated alkanes) is 1. The van der Waals surface area contributed by atoms with E-state index in [0.717, 1.165) is 41.4 Å². The normalized spacial score (nSPS) is 18.6. The molecule has 1 aliphatic heterocycles. The highest BCUT2D eigenvalue weighted by molar-refractivity contribution is 5.88. The number of nitrogens with one attached hydrogen (secondary N) is 1. The minimum atomic E-state index is -0.456. The Hall–Kier alpha value is -1.85. The number of hydrogen-bond acceptors (Lipinski definition) is 4. The quantitative estimate of drug-likeness (QED) is 0.666. The average molecular weight is 358 g/mol. The van der Waals surface area contributed by atoms with Crippen LogP contribution >= 0.6 is 0 Å². The van der Waals surface area contributed by atoms with E-state index < -0.39 is 6.10 Å². The maximum absolute atomic E-state index is 10.3. The molecule has 2 unspecified atom stereocenters. The molecule has 2 atom stereocenters. The molecule has 1 aromatic carbocycles. The first kappa shape index (κ1) is 18.9. The van der Waals surface area contributed by atoms with E-state index in [1.54, 1.807) is 0 Å². The summed E-state index contributed by atoms with van der Waals surface area (Å²) in [5, 5.41) is 20.9. The third-order valence-corrected chi connectivity index (χ3v) is 4.96. The van der Waals surface area contributed by atoms with Crippen LogP contribution in [0.3, 0.4) is 0 Å². The van der Waals surface area contributed by atoms with Gasteiger partial charge in [-0.2, -0.15) is 0 Å². The molecule has 0 saturated carbocycles. The van der Waals surface area contributed by atoms with E-state index in [-0.39, 0.29) is 18.1 Å². The molecular formula is C21H30N2O3. The molecule has 0 spiro atoms. The van der Waals surface area contributed by atoms with Gasteiger partial charge in [0.05, 0.1) is 17.6 Å². The molecule has 3 N–H and O–H groups in total. The molecule has 0 fully saturated rings. The van der Waals surface area contributed by atoms with Gasteiger partial charge in [0.1, 0.15) is 6.61 Å². The lowest BCUT2D eigenvalue weighted by Crippen LogP contribution is -2.17. The van der Waals surface area contributed by atoms with E-state index >= 15 is 0 Å². The van der Waals surface area contributed by atoms with Crippen LogP contribution in [0.2, 0.25) is 0 Å². The van der Waals surface area contributed by atoms with Gasteiger partial charge in [0.15, 0.2) is 5.90 Å². The summed E-state index contributed by atoms with van der Waals surface area (Å²) in [4.78, 5) is 8.05. The fourth-order valence-corrected chi connectivity index (χ4v) is 3.47. The number of benzene rings is 1. The minimum Gasteiger partial charge on any atom is -0.478 e. The zero-order chi connectivity index (χ0) is 18.7. The summed E-state index contributed by atoms with van der Waals surface area (Å²) < 4.78 is 5.83. The first-order valence-electron chi connectivity index (χ1n) is 9.57. The van der Waals surface area contributed by atoms with Gasteiger partial charge in [0, 0.05) is 17.8 Å². The van der Waals surface area contributed by atoms with Crippen LogP contribution in [0.25, 0.3) is 10.9 Å². The van der Waals surface area contributed by atoms with Crippen molar-refractivity contribution in [2.24, 2.45) is 4.99 Å². The summed E-state index contributed by atoms with van der Waals surface area (Å²) in [6.45, 7) is 6.88. The molecule has 5 heteroatoms. The molecular weight excluding hydrogens is 328 g/mol. The standard InChI is InChI=1S/C21H30N2O3/c1-4-5-6-19(25)18-12-15-8-7-14(11-17(15)22-18)16(9-10-24)20-23-21(2,3)13-26-20/h7-8,11-12,16,19,22,24-25H,4-6,9-10,13H2,1-3H3. The smallest absolute Gasteiger partial charge is 0.191 e. The third kappa shape index (κ3) is 4.10. The summed E-state index contributed by atoms with van der Waals surface area (Å²) in [5.74, 6) is 0.654. The van der Waals surface area contributed by atoms with E-state index in [4.69, 9.17) is 9.73 Å². The number of aromatic nitrogens is 1. The number of hydrogen-bond donors (Lipinski definition) is 3. The van der Waals surface area contributed by atoms with Crippen molar-refractivity contribution >= 4 is 16.8 Å². The lowest BCUT2D eigenvalue weighted by Gasteiger charge is -2.16. The Morgan fingerprint density at radius 1 is 1.27 bits per heavy atom. The highest BCUT2D eigenvalue weighted by Crippen LogP contribution is 2.31. The summed E-state index contributed by atoms with van der Waals surface area (Å²) in [6, 6.07) is 8.23. The molecule has 2 heterocycles.